The third-order valence-electron chi connectivity index (χ3n) is 7.65. The van der Waals surface area contributed by atoms with E-state index in [1.54, 1.807) is 19.1 Å². The Bertz CT molecular complexity index is 1240. The van der Waals surface area contributed by atoms with Gasteiger partial charge in [0.25, 0.3) is 0 Å². The molecule has 0 bridgehead atoms. The number of phenolic OH excluding ortho intramolecular Hbond substituents is 1. The zero-order valence-electron chi connectivity index (χ0n) is 19.5. The van der Waals surface area contributed by atoms with Gasteiger partial charge >= 0.3 is 0 Å². The van der Waals surface area contributed by atoms with Crippen molar-refractivity contribution in [2.45, 2.75) is 39.0 Å². The van der Waals surface area contributed by atoms with Gasteiger partial charge in [-0.1, -0.05) is 18.6 Å². The third-order valence-corrected chi connectivity index (χ3v) is 7.65. The van der Waals surface area contributed by atoms with Crippen LogP contribution in [0.3, 0.4) is 0 Å². The standard InChI is InChI=1S/C27H27NO6/c1-4-9-28-26(32)16-7-6-15-17(23(16)27(28)33)12-19-21(30)10-13(2)25(31)24(19)22(15)18-11-14(34-3)5-8-20(18)29/h5-6,8,10-11,16-17,22-23,29H,4,7,9,12H2,1-3H3/t16-,17+,22+,23-/m0/s1. The molecule has 5 rings (SSSR count). The van der Waals surface area contributed by atoms with Crippen LogP contribution in [-0.4, -0.2) is 47.0 Å². The number of hydrogen-bond acceptors (Lipinski definition) is 6. The molecule has 34 heavy (non-hydrogen) atoms. The Morgan fingerprint density at radius 3 is 2.59 bits per heavy atom. The Hall–Kier alpha value is -3.48. The van der Waals surface area contributed by atoms with Crippen LogP contribution >= 0.6 is 0 Å². The number of phenols is 1. The highest BCUT2D eigenvalue weighted by atomic mass is 16.5. The molecule has 1 aromatic rings. The number of Topliss-reactive ketones (excluding diaryl/α,β-unsaturated/α-hetero) is 1. The van der Waals surface area contributed by atoms with Crippen LogP contribution in [0.15, 0.2) is 52.6 Å². The number of ether oxygens (including phenoxy) is 1. The van der Waals surface area contributed by atoms with Gasteiger partial charge in [0, 0.05) is 34.7 Å². The number of rotatable bonds is 4. The predicted molar refractivity (Wildman–Crippen MR) is 123 cm³/mol. The lowest BCUT2D eigenvalue weighted by Gasteiger charge is -2.42. The second-order valence-electron chi connectivity index (χ2n) is 9.48. The molecule has 0 saturated carbocycles. The first-order valence-electron chi connectivity index (χ1n) is 11.7. The molecule has 0 unspecified atom stereocenters. The van der Waals surface area contributed by atoms with E-state index in [0.29, 0.717) is 47.4 Å². The molecule has 0 aromatic heterocycles. The Labute approximate surface area is 197 Å². The summed E-state index contributed by atoms with van der Waals surface area (Å²) in [5.41, 5.74) is 2.36. The number of likely N-dealkylation sites (tertiary alicyclic amines) is 1. The molecule has 7 nitrogen and oxygen atoms in total. The fourth-order valence-electron chi connectivity index (χ4n) is 6.12. The molecule has 0 spiro atoms. The van der Waals surface area contributed by atoms with E-state index in [1.165, 1.54) is 24.2 Å². The predicted octanol–water partition coefficient (Wildman–Crippen LogP) is 3.24. The van der Waals surface area contributed by atoms with Crippen molar-refractivity contribution in [3.05, 3.63) is 58.2 Å². The lowest BCUT2D eigenvalue weighted by Crippen LogP contribution is -2.39. The molecule has 1 heterocycles. The molecule has 1 fully saturated rings. The van der Waals surface area contributed by atoms with Crippen molar-refractivity contribution in [1.82, 2.24) is 4.90 Å². The largest absolute Gasteiger partial charge is 0.508 e. The van der Waals surface area contributed by atoms with E-state index in [9.17, 15) is 24.3 Å². The molecule has 0 radical (unpaired) electrons. The Morgan fingerprint density at radius 1 is 1.12 bits per heavy atom. The highest BCUT2D eigenvalue weighted by Crippen LogP contribution is 2.56. The smallest absolute Gasteiger partial charge is 0.233 e. The van der Waals surface area contributed by atoms with Crippen LogP contribution in [0.4, 0.5) is 0 Å². The molecule has 2 amide bonds. The van der Waals surface area contributed by atoms with Crippen LogP contribution in [0.2, 0.25) is 0 Å². The average Bonchev–Trinajstić information content (AvgIpc) is 3.07. The van der Waals surface area contributed by atoms with Crippen molar-refractivity contribution in [2.75, 3.05) is 13.7 Å². The minimum absolute atomic E-state index is 0.0183. The van der Waals surface area contributed by atoms with E-state index in [-0.39, 0.29) is 35.6 Å². The van der Waals surface area contributed by atoms with Gasteiger partial charge in [-0.3, -0.25) is 24.1 Å². The van der Waals surface area contributed by atoms with E-state index in [4.69, 9.17) is 4.74 Å². The molecule has 4 atom stereocenters. The van der Waals surface area contributed by atoms with Gasteiger partial charge in [0.15, 0.2) is 11.6 Å². The topological polar surface area (TPSA) is 101 Å². The second kappa shape index (κ2) is 8.08. The third kappa shape index (κ3) is 3.10. The van der Waals surface area contributed by atoms with Gasteiger partial charge in [-0.25, -0.2) is 0 Å². The summed E-state index contributed by atoms with van der Waals surface area (Å²) in [6, 6.07) is 4.81. The molecule has 1 saturated heterocycles. The Balaban J connectivity index is 1.70. The zero-order valence-corrected chi connectivity index (χ0v) is 19.5. The van der Waals surface area contributed by atoms with Crippen molar-refractivity contribution < 1.29 is 29.0 Å². The highest BCUT2D eigenvalue weighted by Gasteiger charge is 2.56. The van der Waals surface area contributed by atoms with Crippen LogP contribution in [-0.2, 0) is 19.2 Å². The van der Waals surface area contributed by atoms with Crippen molar-refractivity contribution in [2.24, 2.45) is 17.8 Å². The van der Waals surface area contributed by atoms with Gasteiger partial charge in [-0.05, 0) is 56.4 Å². The summed E-state index contributed by atoms with van der Waals surface area (Å²) in [4.78, 5) is 54.2. The molecular formula is C27H27NO6. The number of amides is 2. The van der Waals surface area contributed by atoms with Gasteiger partial charge in [0.05, 0.1) is 18.9 Å². The maximum atomic E-state index is 13.4. The number of hydrogen-bond donors (Lipinski definition) is 1. The number of ketones is 2. The first kappa shape index (κ1) is 22.3. The summed E-state index contributed by atoms with van der Waals surface area (Å²) in [7, 11) is 1.52. The summed E-state index contributed by atoms with van der Waals surface area (Å²) in [6.45, 7) is 3.91. The highest BCUT2D eigenvalue weighted by molar-refractivity contribution is 6.24. The quantitative estimate of drug-likeness (QED) is 0.420. The zero-order chi connectivity index (χ0) is 24.3. The number of nitrogens with zero attached hydrogens (tertiary/aromatic N) is 1. The number of carbonyl (C=O) groups excluding carboxylic acids is 4. The molecule has 176 valence electrons. The molecule has 1 aliphatic heterocycles. The summed E-state index contributed by atoms with van der Waals surface area (Å²) < 4.78 is 5.37. The molecule has 3 aliphatic carbocycles. The normalized spacial score (nSPS) is 28.4. The van der Waals surface area contributed by atoms with E-state index < -0.39 is 23.7 Å². The van der Waals surface area contributed by atoms with E-state index in [0.717, 1.165) is 5.57 Å². The lowest BCUT2D eigenvalue weighted by atomic mass is 9.59. The summed E-state index contributed by atoms with van der Waals surface area (Å²) in [6.07, 6.45) is 4.60. The van der Waals surface area contributed by atoms with Crippen molar-refractivity contribution >= 4 is 23.4 Å². The van der Waals surface area contributed by atoms with Gasteiger partial charge < -0.3 is 9.84 Å². The fraction of sp³-hybridized carbons (Fsp3) is 0.407. The molecule has 1 N–H and O–H groups in total. The second-order valence-corrected chi connectivity index (χ2v) is 9.48. The SMILES string of the molecule is CCCN1C(=O)[C@H]2[C@H](CC=C3[C@H](c4cc(OC)ccc4O)C4=C(C[C@H]32)C(=O)C=C(C)C4=O)C1=O. The average molecular weight is 462 g/mol. The van der Waals surface area contributed by atoms with Gasteiger partial charge in [0.1, 0.15) is 11.5 Å². The summed E-state index contributed by atoms with van der Waals surface area (Å²) in [5, 5.41) is 10.8. The first-order chi connectivity index (χ1) is 16.3. The van der Waals surface area contributed by atoms with Gasteiger partial charge in [0.2, 0.25) is 11.8 Å². The van der Waals surface area contributed by atoms with E-state index in [1.807, 2.05) is 13.0 Å². The van der Waals surface area contributed by atoms with Crippen LogP contribution in [0.1, 0.15) is 44.6 Å². The maximum Gasteiger partial charge on any atom is 0.233 e. The number of carbonyl (C=O) groups is 4. The number of methoxy groups -OCH3 is 1. The van der Waals surface area contributed by atoms with E-state index >= 15 is 0 Å². The van der Waals surface area contributed by atoms with Gasteiger partial charge in [-0.2, -0.15) is 0 Å². The number of fused-ring (bicyclic) bond motifs is 3. The minimum Gasteiger partial charge on any atom is -0.508 e. The van der Waals surface area contributed by atoms with Crippen LogP contribution in [0, 0.1) is 17.8 Å². The van der Waals surface area contributed by atoms with E-state index in [2.05, 4.69) is 0 Å². The molecule has 4 aliphatic rings. The van der Waals surface area contributed by atoms with Crippen molar-refractivity contribution in [3.8, 4) is 11.5 Å². The molecular weight excluding hydrogens is 434 g/mol. The number of benzene rings is 1. The maximum absolute atomic E-state index is 13.4. The van der Waals surface area contributed by atoms with Crippen LogP contribution < -0.4 is 4.74 Å². The van der Waals surface area contributed by atoms with Crippen LogP contribution in [0.25, 0.3) is 0 Å². The summed E-state index contributed by atoms with van der Waals surface area (Å²) in [5.74, 6) is -2.46. The molecule has 1 aromatic carbocycles. The van der Waals surface area contributed by atoms with Gasteiger partial charge in [-0.15, -0.1) is 0 Å². The minimum atomic E-state index is -0.687. The fourth-order valence-corrected chi connectivity index (χ4v) is 6.12. The number of allylic oxidation sites excluding steroid dienone is 6. The van der Waals surface area contributed by atoms with Crippen molar-refractivity contribution in [3.63, 3.8) is 0 Å². The Kier molecular flexibility index (Phi) is 5.30. The Morgan fingerprint density at radius 2 is 1.88 bits per heavy atom. The lowest BCUT2D eigenvalue weighted by molar-refractivity contribution is -0.140. The monoisotopic (exact) mass is 461 g/mol. The van der Waals surface area contributed by atoms with Crippen molar-refractivity contribution in [1.29, 1.82) is 0 Å². The number of aromatic hydroxyl groups is 1. The molecule has 7 heteroatoms. The van der Waals surface area contributed by atoms with Crippen LogP contribution in [0.5, 0.6) is 11.5 Å². The number of imide groups is 1. The first-order valence-corrected chi connectivity index (χ1v) is 11.7. The summed E-state index contributed by atoms with van der Waals surface area (Å²) >= 11 is 0.